The minimum atomic E-state index is 0.945. The molecule has 1 aliphatic heterocycles. The summed E-state index contributed by atoms with van der Waals surface area (Å²) in [6.07, 6.45) is 4.65. The van der Waals surface area contributed by atoms with Crippen molar-refractivity contribution in [1.82, 2.24) is 24.6 Å². The third-order valence-electron chi connectivity index (χ3n) is 4.68. The number of aryl methyl sites for hydroxylation is 1. The highest BCUT2D eigenvalue weighted by Gasteiger charge is 2.20. The Kier molecular flexibility index (Phi) is 4.44. The number of aromatic nitrogens is 4. The molecule has 0 unspecified atom stereocenters. The second kappa shape index (κ2) is 6.86. The summed E-state index contributed by atoms with van der Waals surface area (Å²) >= 11 is 1.73. The Balaban J connectivity index is 1.36. The van der Waals surface area contributed by atoms with Gasteiger partial charge in [-0.05, 0) is 24.4 Å². The van der Waals surface area contributed by atoms with Crippen LogP contribution in [0.4, 0.5) is 5.82 Å². The molecular formula is C17H22N6S. The molecule has 1 saturated heterocycles. The molecule has 1 aliphatic rings. The number of hydrogen-bond acceptors (Lipinski definition) is 6. The number of thiophene rings is 1. The minimum Gasteiger partial charge on any atom is -0.353 e. The standard InChI is InChI=1S/C17H22N6S/c1-2-23-14(3-6-20-23)4-7-21-8-10-22(11-9-21)17-16-15(5-12-24-16)18-13-19-17/h3,5-6,12-13H,2,4,7-11H2,1H3. The van der Waals surface area contributed by atoms with Gasteiger partial charge in [-0.3, -0.25) is 9.58 Å². The van der Waals surface area contributed by atoms with Crippen LogP contribution >= 0.6 is 11.3 Å². The molecule has 0 spiro atoms. The van der Waals surface area contributed by atoms with Gasteiger partial charge in [-0.15, -0.1) is 11.3 Å². The molecule has 7 heteroatoms. The number of anilines is 1. The monoisotopic (exact) mass is 342 g/mol. The molecule has 0 aromatic carbocycles. The van der Waals surface area contributed by atoms with Gasteiger partial charge in [-0.2, -0.15) is 5.10 Å². The molecule has 24 heavy (non-hydrogen) atoms. The lowest BCUT2D eigenvalue weighted by Gasteiger charge is -2.35. The van der Waals surface area contributed by atoms with Crippen molar-refractivity contribution in [3.63, 3.8) is 0 Å². The predicted molar refractivity (Wildman–Crippen MR) is 97.7 cm³/mol. The van der Waals surface area contributed by atoms with E-state index in [4.69, 9.17) is 0 Å². The van der Waals surface area contributed by atoms with E-state index in [0.717, 1.165) is 57.0 Å². The zero-order valence-corrected chi connectivity index (χ0v) is 14.7. The fourth-order valence-corrected chi connectivity index (χ4v) is 4.18. The van der Waals surface area contributed by atoms with Crippen LogP contribution in [-0.2, 0) is 13.0 Å². The van der Waals surface area contributed by atoms with Gasteiger partial charge in [0.2, 0.25) is 0 Å². The molecule has 0 bridgehead atoms. The summed E-state index contributed by atoms with van der Waals surface area (Å²) in [6, 6.07) is 4.20. The van der Waals surface area contributed by atoms with E-state index in [1.807, 2.05) is 6.20 Å². The molecule has 0 amide bonds. The Hall–Kier alpha value is -1.99. The molecular weight excluding hydrogens is 320 g/mol. The quantitative estimate of drug-likeness (QED) is 0.712. The summed E-state index contributed by atoms with van der Waals surface area (Å²) < 4.78 is 3.29. The van der Waals surface area contributed by atoms with Gasteiger partial charge < -0.3 is 4.90 Å². The van der Waals surface area contributed by atoms with Crippen molar-refractivity contribution in [2.75, 3.05) is 37.6 Å². The molecule has 3 aromatic rings. The zero-order valence-electron chi connectivity index (χ0n) is 13.9. The Labute approximate surface area is 145 Å². The largest absolute Gasteiger partial charge is 0.353 e. The Bertz CT molecular complexity index is 802. The summed E-state index contributed by atoms with van der Waals surface area (Å²) in [5.41, 5.74) is 2.39. The van der Waals surface area contributed by atoms with Crippen molar-refractivity contribution in [3.8, 4) is 0 Å². The molecule has 4 rings (SSSR count). The van der Waals surface area contributed by atoms with E-state index in [1.165, 1.54) is 10.4 Å². The topological polar surface area (TPSA) is 50.1 Å². The van der Waals surface area contributed by atoms with Crippen molar-refractivity contribution in [3.05, 3.63) is 35.7 Å². The average Bonchev–Trinajstić information content (AvgIpc) is 3.28. The van der Waals surface area contributed by atoms with Crippen LogP contribution in [0, 0.1) is 0 Å². The van der Waals surface area contributed by atoms with E-state index in [0.29, 0.717) is 0 Å². The number of piperazine rings is 1. The van der Waals surface area contributed by atoms with Crippen LogP contribution in [-0.4, -0.2) is 57.4 Å². The molecule has 4 heterocycles. The maximum Gasteiger partial charge on any atom is 0.150 e. The number of fused-ring (bicyclic) bond motifs is 1. The summed E-state index contributed by atoms with van der Waals surface area (Å²) in [7, 11) is 0. The van der Waals surface area contributed by atoms with Gasteiger partial charge in [0.05, 0.1) is 10.2 Å². The van der Waals surface area contributed by atoms with Crippen LogP contribution in [0.1, 0.15) is 12.6 Å². The second-order valence-corrected chi connectivity index (χ2v) is 6.97. The van der Waals surface area contributed by atoms with E-state index in [1.54, 1.807) is 17.7 Å². The van der Waals surface area contributed by atoms with Gasteiger partial charge in [-0.25, -0.2) is 9.97 Å². The maximum atomic E-state index is 4.53. The van der Waals surface area contributed by atoms with Crippen molar-refractivity contribution >= 4 is 27.4 Å². The predicted octanol–water partition coefficient (Wildman–Crippen LogP) is 2.27. The fraction of sp³-hybridized carbons (Fsp3) is 0.471. The zero-order chi connectivity index (χ0) is 16.4. The lowest BCUT2D eigenvalue weighted by molar-refractivity contribution is 0.258. The second-order valence-electron chi connectivity index (χ2n) is 6.05. The molecule has 0 atom stereocenters. The first-order valence-corrected chi connectivity index (χ1v) is 9.39. The van der Waals surface area contributed by atoms with Gasteiger partial charge in [0.25, 0.3) is 0 Å². The molecule has 0 radical (unpaired) electrons. The van der Waals surface area contributed by atoms with Gasteiger partial charge in [-0.1, -0.05) is 0 Å². The first-order chi connectivity index (χ1) is 11.8. The van der Waals surface area contributed by atoms with Gasteiger partial charge in [0.15, 0.2) is 0 Å². The molecule has 0 saturated carbocycles. The van der Waals surface area contributed by atoms with Crippen LogP contribution < -0.4 is 4.90 Å². The first-order valence-electron chi connectivity index (χ1n) is 8.51. The fourth-order valence-electron chi connectivity index (χ4n) is 3.31. The molecule has 0 N–H and O–H groups in total. The van der Waals surface area contributed by atoms with Gasteiger partial charge >= 0.3 is 0 Å². The van der Waals surface area contributed by atoms with E-state index in [-0.39, 0.29) is 0 Å². The Morgan fingerprint density at radius 3 is 2.83 bits per heavy atom. The first kappa shape index (κ1) is 15.5. The highest BCUT2D eigenvalue weighted by molar-refractivity contribution is 7.17. The summed E-state index contributed by atoms with van der Waals surface area (Å²) in [5.74, 6) is 1.10. The van der Waals surface area contributed by atoms with E-state index < -0.39 is 0 Å². The summed E-state index contributed by atoms with van der Waals surface area (Å²) in [4.78, 5) is 13.8. The average molecular weight is 342 g/mol. The van der Waals surface area contributed by atoms with E-state index >= 15 is 0 Å². The van der Waals surface area contributed by atoms with Gasteiger partial charge in [0.1, 0.15) is 12.1 Å². The lowest BCUT2D eigenvalue weighted by atomic mass is 10.2. The van der Waals surface area contributed by atoms with Crippen LogP contribution in [0.3, 0.4) is 0 Å². The number of nitrogens with zero attached hydrogens (tertiary/aromatic N) is 6. The Morgan fingerprint density at radius 1 is 1.12 bits per heavy atom. The minimum absolute atomic E-state index is 0.945. The van der Waals surface area contributed by atoms with Crippen LogP contribution in [0.2, 0.25) is 0 Å². The van der Waals surface area contributed by atoms with Crippen molar-refractivity contribution in [1.29, 1.82) is 0 Å². The molecule has 126 valence electrons. The maximum absolute atomic E-state index is 4.53. The SMILES string of the molecule is CCn1nccc1CCN1CCN(c2ncnc3ccsc23)CC1. The highest BCUT2D eigenvalue weighted by Crippen LogP contribution is 2.28. The molecule has 1 fully saturated rings. The molecule has 3 aromatic heterocycles. The van der Waals surface area contributed by atoms with E-state index in [2.05, 4.69) is 54.0 Å². The van der Waals surface area contributed by atoms with Crippen molar-refractivity contribution < 1.29 is 0 Å². The highest BCUT2D eigenvalue weighted by atomic mass is 32.1. The number of rotatable bonds is 5. The number of hydrogen-bond donors (Lipinski definition) is 0. The smallest absolute Gasteiger partial charge is 0.150 e. The summed E-state index contributed by atoms with van der Waals surface area (Å²) in [5, 5.41) is 6.44. The normalized spacial score (nSPS) is 16.1. The Morgan fingerprint density at radius 2 is 2.00 bits per heavy atom. The lowest BCUT2D eigenvalue weighted by Crippen LogP contribution is -2.47. The molecule has 6 nitrogen and oxygen atoms in total. The molecule has 0 aliphatic carbocycles. The van der Waals surface area contributed by atoms with Crippen molar-refractivity contribution in [2.24, 2.45) is 0 Å². The van der Waals surface area contributed by atoms with Crippen LogP contribution in [0.15, 0.2) is 30.0 Å². The third kappa shape index (κ3) is 3.01. The van der Waals surface area contributed by atoms with Crippen LogP contribution in [0.5, 0.6) is 0 Å². The third-order valence-corrected chi connectivity index (χ3v) is 5.58. The van der Waals surface area contributed by atoms with Crippen LogP contribution in [0.25, 0.3) is 10.2 Å². The van der Waals surface area contributed by atoms with Gasteiger partial charge in [0, 0.05) is 57.6 Å². The van der Waals surface area contributed by atoms with Crippen molar-refractivity contribution in [2.45, 2.75) is 19.9 Å². The van der Waals surface area contributed by atoms with E-state index in [9.17, 15) is 0 Å². The summed E-state index contributed by atoms with van der Waals surface area (Å²) in [6.45, 7) is 8.39.